The molecule has 2 fully saturated rings. The fraction of sp³-hybridized carbons (Fsp3) is 0.407. The van der Waals surface area contributed by atoms with Crippen LogP contribution in [-0.4, -0.2) is 70.3 Å². The van der Waals surface area contributed by atoms with Crippen molar-refractivity contribution in [2.24, 2.45) is 5.92 Å². The van der Waals surface area contributed by atoms with Crippen LogP contribution in [0.3, 0.4) is 0 Å². The molecular weight excluding hydrogens is 428 g/mol. The highest BCUT2D eigenvalue weighted by atomic mass is 16.5. The maximum absolute atomic E-state index is 12.9. The van der Waals surface area contributed by atoms with Crippen LogP contribution < -0.4 is 4.74 Å². The first kappa shape index (κ1) is 22.5. The summed E-state index contributed by atoms with van der Waals surface area (Å²) >= 11 is 0. The number of fused-ring (bicyclic) bond motifs is 1. The number of carbonyl (C=O) groups is 1. The molecule has 0 aliphatic heterocycles. The number of likely N-dealkylation sites (N-methyl/N-ethyl adjacent to an activating group) is 1. The van der Waals surface area contributed by atoms with Crippen molar-refractivity contribution in [3.8, 4) is 22.6 Å². The molecule has 7 nitrogen and oxygen atoms in total. The second-order valence-electron chi connectivity index (χ2n) is 9.82. The van der Waals surface area contributed by atoms with Crippen molar-refractivity contribution < 1.29 is 14.6 Å². The van der Waals surface area contributed by atoms with Crippen LogP contribution in [0.5, 0.6) is 11.5 Å². The predicted molar refractivity (Wildman–Crippen MR) is 133 cm³/mol. The van der Waals surface area contributed by atoms with Crippen LogP contribution in [-0.2, 0) is 4.79 Å². The summed E-state index contributed by atoms with van der Waals surface area (Å²) in [6.07, 6.45) is 9.65. The number of rotatable bonds is 9. The van der Waals surface area contributed by atoms with Gasteiger partial charge in [0.1, 0.15) is 17.6 Å². The van der Waals surface area contributed by atoms with Gasteiger partial charge in [-0.2, -0.15) is 5.10 Å². The Morgan fingerprint density at radius 3 is 2.65 bits per heavy atom. The zero-order chi connectivity index (χ0) is 23.7. The van der Waals surface area contributed by atoms with E-state index in [1.807, 2.05) is 49.3 Å². The third-order valence-corrected chi connectivity index (χ3v) is 6.69. The van der Waals surface area contributed by atoms with Crippen LogP contribution in [0.2, 0.25) is 0 Å². The minimum Gasteiger partial charge on any atom is -0.508 e. The van der Waals surface area contributed by atoms with Crippen LogP contribution in [0.15, 0.2) is 54.7 Å². The molecule has 5 rings (SSSR count). The van der Waals surface area contributed by atoms with Gasteiger partial charge in [0.15, 0.2) is 0 Å². The number of H-pyrrole nitrogens is 1. The van der Waals surface area contributed by atoms with Gasteiger partial charge in [0.2, 0.25) is 5.91 Å². The van der Waals surface area contributed by atoms with Crippen molar-refractivity contribution in [2.45, 2.75) is 37.8 Å². The normalized spacial score (nSPS) is 20.1. The molecule has 7 heteroatoms. The van der Waals surface area contributed by atoms with E-state index < -0.39 is 0 Å². The molecule has 0 atom stereocenters. The Morgan fingerprint density at radius 1 is 1.18 bits per heavy atom. The van der Waals surface area contributed by atoms with Crippen LogP contribution in [0, 0.1) is 5.92 Å². The summed E-state index contributed by atoms with van der Waals surface area (Å²) < 4.78 is 6.43. The van der Waals surface area contributed by atoms with Crippen molar-refractivity contribution in [3.05, 3.63) is 54.7 Å². The van der Waals surface area contributed by atoms with Gasteiger partial charge in [-0.1, -0.05) is 18.2 Å². The molecule has 0 radical (unpaired) electrons. The largest absolute Gasteiger partial charge is 0.508 e. The van der Waals surface area contributed by atoms with Crippen LogP contribution in [0.4, 0.5) is 0 Å². The maximum Gasteiger partial charge on any atom is 0.246 e. The van der Waals surface area contributed by atoms with Crippen molar-refractivity contribution in [1.82, 2.24) is 20.0 Å². The average Bonchev–Trinajstić information content (AvgIpc) is 3.48. The van der Waals surface area contributed by atoms with Crippen molar-refractivity contribution in [1.29, 1.82) is 0 Å². The Hall–Kier alpha value is -3.32. The number of hydrogen-bond acceptors (Lipinski definition) is 5. The number of aromatic nitrogens is 2. The van der Waals surface area contributed by atoms with Crippen LogP contribution in [0.25, 0.3) is 22.0 Å². The van der Waals surface area contributed by atoms with Crippen molar-refractivity contribution in [3.63, 3.8) is 0 Å². The van der Waals surface area contributed by atoms with Crippen molar-refractivity contribution >= 4 is 16.8 Å². The zero-order valence-electron chi connectivity index (χ0n) is 19.8. The minimum atomic E-state index is 0.0680. The van der Waals surface area contributed by atoms with Gasteiger partial charge in [-0.15, -0.1) is 0 Å². The number of nitrogens with one attached hydrogen (secondary N) is 1. The van der Waals surface area contributed by atoms with Gasteiger partial charge in [0.25, 0.3) is 0 Å². The van der Waals surface area contributed by atoms with Gasteiger partial charge < -0.3 is 19.6 Å². The number of ether oxygens (including phenoxy) is 1. The highest BCUT2D eigenvalue weighted by Gasteiger charge is 2.39. The number of aromatic amines is 1. The summed E-state index contributed by atoms with van der Waals surface area (Å²) in [5, 5.41) is 17.8. The number of nitrogens with zero attached hydrogens (tertiary/aromatic N) is 3. The van der Waals surface area contributed by atoms with Gasteiger partial charge >= 0.3 is 0 Å². The lowest BCUT2D eigenvalue weighted by molar-refractivity contribution is -0.132. The molecule has 1 aromatic heterocycles. The number of hydrogen-bond donors (Lipinski definition) is 2. The molecule has 0 unspecified atom stereocenters. The van der Waals surface area contributed by atoms with Crippen LogP contribution in [0.1, 0.15) is 25.7 Å². The van der Waals surface area contributed by atoms with Crippen LogP contribution >= 0.6 is 0 Å². The maximum atomic E-state index is 12.9. The molecule has 0 spiro atoms. The smallest absolute Gasteiger partial charge is 0.246 e. The summed E-state index contributed by atoms with van der Waals surface area (Å²) in [5.74, 6) is 1.80. The predicted octanol–water partition coefficient (Wildman–Crippen LogP) is 4.20. The van der Waals surface area contributed by atoms with E-state index in [0.717, 1.165) is 53.7 Å². The third kappa shape index (κ3) is 5.09. The lowest BCUT2D eigenvalue weighted by atomic mass is 9.87. The number of amides is 1. The van der Waals surface area contributed by atoms with E-state index >= 15 is 0 Å². The Morgan fingerprint density at radius 2 is 1.94 bits per heavy atom. The van der Waals surface area contributed by atoms with Gasteiger partial charge in [-0.3, -0.25) is 9.89 Å². The fourth-order valence-corrected chi connectivity index (χ4v) is 4.46. The SMILES string of the molecule is CN(C)C/C=C\C(=O)N(CC1CC1)C1CC(Oc2cc(-c3ccc(O)cc3)cc3[nH]ncc23)C1. The molecule has 34 heavy (non-hydrogen) atoms. The first-order valence-corrected chi connectivity index (χ1v) is 12.0. The van der Waals surface area contributed by atoms with Gasteiger partial charge in [-0.25, -0.2) is 0 Å². The third-order valence-electron chi connectivity index (χ3n) is 6.69. The standard InChI is InChI=1S/C27H32N4O3/c1-30(2)11-3-4-27(33)31(17-18-5-6-18)21-14-23(15-21)34-26-13-20(12-25-24(26)16-28-29-25)19-7-9-22(32)10-8-19/h3-4,7-10,12-13,16,18,21,23,32H,5-6,11,14-15,17H2,1-2H3,(H,28,29)/b4-3-. The monoisotopic (exact) mass is 460 g/mol. The van der Waals surface area contributed by atoms with E-state index in [4.69, 9.17) is 4.74 Å². The van der Waals surface area contributed by atoms with Gasteiger partial charge in [-0.05, 0) is 68.2 Å². The van der Waals surface area contributed by atoms with E-state index in [0.29, 0.717) is 5.92 Å². The molecule has 178 valence electrons. The highest BCUT2D eigenvalue weighted by Crippen LogP contribution is 2.38. The number of aromatic hydroxyl groups is 1. The highest BCUT2D eigenvalue weighted by molar-refractivity contribution is 5.90. The minimum absolute atomic E-state index is 0.0680. The van der Waals surface area contributed by atoms with E-state index in [9.17, 15) is 9.90 Å². The van der Waals surface area contributed by atoms with E-state index in [-0.39, 0.29) is 23.8 Å². The summed E-state index contributed by atoms with van der Waals surface area (Å²) in [7, 11) is 4.00. The quantitative estimate of drug-likeness (QED) is 0.468. The molecule has 2 aliphatic rings. The molecule has 0 bridgehead atoms. The van der Waals surface area contributed by atoms with E-state index in [1.165, 1.54) is 12.8 Å². The second-order valence-corrected chi connectivity index (χ2v) is 9.82. The topological polar surface area (TPSA) is 81.7 Å². The number of carbonyl (C=O) groups excluding carboxylic acids is 1. The number of phenols is 1. The molecule has 1 amide bonds. The van der Waals surface area contributed by atoms with E-state index in [1.54, 1.807) is 24.4 Å². The Balaban J connectivity index is 1.28. The lowest BCUT2D eigenvalue weighted by Crippen LogP contribution is -2.52. The molecule has 2 aliphatic carbocycles. The average molecular weight is 461 g/mol. The van der Waals surface area contributed by atoms with Gasteiger partial charge in [0, 0.05) is 38.0 Å². The molecule has 1 heterocycles. The summed E-state index contributed by atoms with van der Waals surface area (Å²) in [5.41, 5.74) is 2.91. The first-order chi connectivity index (χ1) is 16.5. The first-order valence-electron chi connectivity index (χ1n) is 12.0. The van der Waals surface area contributed by atoms with E-state index in [2.05, 4.69) is 15.1 Å². The Bertz CT molecular complexity index is 1170. The number of phenolic OH excluding ortho intramolecular Hbond substituents is 1. The summed E-state index contributed by atoms with van der Waals surface area (Å²) in [6.45, 7) is 1.61. The van der Waals surface area contributed by atoms with Crippen molar-refractivity contribution in [2.75, 3.05) is 27.2 Å². The second kappa shape index (κ2) is 9.50. The van der Waals surface area contributed by atoms with Gasteiger partial charge in [0.05, 0.1) is 17.1 Å². The zero-order valence-corrected chi connectivity index (χ0v) is 19.8. The fourth-order valence-electron chi connectivity index (χ4n) is 4.46. The summed E-state index contributed by atoms with van der Waals surface area (Å²) in [6, 6.07) is 11.4. The number of benzene rings is 2. The molecule has 2 aromatic carbocycles. The molecule has 3 aromatic rings. The lowest BCUT2D eigenvalue weighted by Gasteiger charge is -2.42. The molecule has 2 saturated carbocycles. The molecule has 0 saturated heterocycles. The molecule has 2 N–H and O–H groups in total. The Labute approximate surface area is 200 Å². The summed E-state index contributed by atoms with van der Waals surface area (Å²) in [4.78, 5) is 17.0. The molecular formula is C27H32N4O3. The Kier molecular flexibility index (Phi) is 6.28.